The number of hydrogen-bond donors (Lipinski definition) is 1. The van der Waals surface area contributed by atoms with Crippen LogP contribution in [0.4, 0.5) is 0 Å². The van der Waals surface area contributed by atoms with E-state index in [1.54, 1.807) is 24.5 Å². The Morgan fingerprint density at radius 3 is 2.75 bits per heavy atom. The maximum atomic E-state index is 11.6. The highest BCUT2D eigenvalue weighted by Crippen LogP contribution is 2.19. The fourth-order valence-corrected chi connectivity index (χ4v) is 1.42. The molecule has 0 radical (unpaired) electrons. The largest absolute Gasteiger partial charge is 0.352 e. The molecule has 0 saturated heterocycles. The predicted molar refractivity (Wildman–Crippen MR) is 65.3 cm³/mol. The molecule has 3 nitrogen and oxygen atoms in total. The van der Waals surface area contributed by atoms with Gasteiger partial charge in [0.2, 0.25) is 0 Å². The lowest BCUT2D eigenvalue weighted by Crippen LogP contribution is -2.25. The number of amides is 1. The number of hydrogen-bond acceptors (Lipinski definition) is 2. The number of aromatic nitrogens is 1. The van der Waals surface area contributed by atoms with Gasteiger partial charge in [-0.3, -0.25) is 9.78 Å². The highest BCUT2D eigenvalue weighted by molar-refractivity contribution is 5.93. The van der Waals surface area contributed by atoms with Crippen molar-refractivity contribution < 1.29 is 4.79 Å². The van der Waals surface area contributed by atoms with Gasteiger partial charge in [-0.1, -0.05) is 20.8 Å². The van der Waals surface area contributed by atoms with E-state index in [-0.39, 0.29) is 5.91 Å². The first kappa shape index (κ1) is 12.7. The van der Waals surface area contributed by atoms with Crippen LogP contribution < -0.4 is 5.32 Å². The molecule has 0 atom stereocenters. The molecule has 1 aromatic rings. The zero-order valence-electron chi connectivity index (χ0n) is 10.3. The van der Waals surface area contributed by atoms with Gasteiger partial charge in [0.25, 0.3) is 5.91 Å². The lowest BCUT2D eigenvalue weighted by molar-refractivity contribution is 0.0951. The molecule has 0 fully saturated rings. The zero-order chi connectivity index (χ0) is 12.0. The van der Waals surface area contributed by atoms with Gasteiger partial charge in [-0.05, 0) is 30.4 Å². The third-order valence-corrected chi connectivity index (χ3v) is 2.31. The van der Waals surface area contributed by atoms with Crippen LogP contribution in [0.15, 0.2) is 24.5 Å². The van der Waals surface area contributed by atoms with Crippen LogP contribution >= 0.6 is 0 Å². The van der Waals surface area contributed by atoms with E-state index >= 15 is 0 Å². The van der Waals surface area contributed by atoms with Crippen LogP contribution in [0.2, 0.25) is 0 Å². The van der Waals surface area contributed by atoms with E-state index in [0.717, 1.165) is 19.4 Å². The smallest absolute Gasteiger partial charge is 0.252 e. The average molecular weight is 220 g/mol. The standard InChI is InChI=1S/C13H20N2O/c1-13(2,3)7-5-9-15-12(16)11-6-4-8-14-10-11/h4,6,8,10H,5,7,9H2,1-3H3,(H,15,16). The minimum absolute atomic E-state index is 0.0398. The van der Waals surface area contributed by atoms with Crippen molar-refractivity contribution in [2.45, 2.75) is 33.6 Å². The van der Waals surface area contributed by atoms with E-state index in [9.17, 15) is 4.79 Å². The van der Waals surface area contributed by atoms with Gasteiger partial charge in [0.1, 0.15) is 0 Å². The third kappa shape index (κ3) is 4.91. The van der Waals surface area contributed by atoms with E-state index in [2.05, 4.69) is 31.1 Å². The quantitative estimate of drug-likeness (QED) is 0.793. The molecule has 0 aliphatic carbocycles. The number of pyridine rings is 1. The monoisotopic (exact) mass is 220 g/mol. The summed E-state index contributed by atoms with van der Waals surface area (Å²) in [5.74, 6) is -0.0398. The lowest BCUT2D eigenvalue weighted by Gasteiger charge is -2.17. The zero-order valence-corrected chi connectivity index (χ0v) is 10.3. The molecule has 0 aliphatic rings. The van der Waals surface area contributed by atoms with E-state index in [1.807, 2.05) is 0 Å². The average Bonchev–Trinajstić information content (AvgIpc) is 2.24. The van der Waals surface area contributed by atoms with Crippen LogP contribution in [-0.4, -0.2) is 17.4 Å². The van der Waals surface area contributed by atoms with Gasteiger partial charge < -0.3 is 5.32 Å². The summed E-state index contributed by atoms with van der Waals surface area (Å²) in [6.45, 7) is 7.34. The van der Waals surface area contributed by atoms with Crippen molar-refractivity contribution in [3.05, 3.63) is 30.1 Å². The summed E-state index contributed by atoms with van der Waals surface area (Å²) >= 11 is 0. The van der Waals surface area contributed by atoms with Crippen LogP contribution in [0.1, 0.15) is 44.0 Å². The molecule has 16 heavy (non-hydrogen) atoms. The van der Waals surface area contributed by atoms with Gasteiger partial charge in [0.05, 0.1) is 5.56 Å². The van der Waals surface area contributed by atoms with Crippen molar-refractivity contribution in [3.8, 4) is 0 Å². The highest BCUT2D eigenvalue weighted by Gasteiger charge is 2.10. The molecule has 0 spiro atoms. The van der Waals surface area contributed by atoms with E-state index in [4.69, 9.17) is 0 Å². The Kier molecular flexibility index (Phi) is 4.47. The number of rotatable bonds is 4. The molecule has 88 valence electrons. The molecule has 0 aliphatic heterocycles. The molecular weight excluding hydrogens is 200 g/mol. The minimum atomic E-state index is -0.0398. The Morgan fingerprint density at radius 2 is 2.19 bits per heavy atom. The Labute approximate surface area is 97.3 Å². The second kappa shape index (κ2) is 5.64. The number of carbonyl (C=O) groups is 1. The molecule has 1 amide bonds. The van der Waals surface area contributed by atoms with Crippen LogP contribution in [0.25, 0.3) is 0 Å². The minimum Gasteiger partial charge on any atom is -0.352 e. The van der Waals surface area contributed by atoms with Gasteiger partial charge in [-0.25, -0.2) is 0 Å². The topological polar surface area (TPSA) is 42.0 Å². The fraction of sp³-hybridized carbons (Fsp3) is 0.538. The highest BCUT2D eigenvalue weighted by atomic mass is 16.1. The molecule has 1 heterocycles. The van der Waals surface area contributed by atoms with Crippen LogP contribution in [-0.2, 0) is 0 Å². The van der Waals surface area contributed by atoms with E-state index in [0.29, 0.717) is 11.0 Å². The molecule has 0 unspecified atom stereocenters. The molecular formula is C13H20N2O. The predicted octanol–water partition coefficient (Wildman–Crippen LogP) is 2.64. The van der Waals surface area contributed by atoms with E-state index in [1.165, 1.54) is 0 Å². The van der Waals surface area contributed by atoms with Crippen molar-refractivity contribution in [2.24, 2.45) is 5.41 Å². The fourth-order valence-electron chi connectivity index (χ4n) is 1.42. The Balaban J connectivity index is 2.27. The summed E-state index contributed by atoms with van der Waals surface area (Å²) in [6.07, 6.45) is 5.37. The summed E-state index contributed by atoms with van der Waals surface area (Å²) in [5, 5.41) is 2.89. The van der Waals surface area contributed by atoms with Crippen molar-refractivity contribution in [1.29, 1.82) is 0 Å². The van der Waals surface area contributed by atoms with Crippen LogP contribution in [0.5, 0.6) is 0 Å². The molecule has 1 N–H and O–H groups in total. The van der Waals surface area contributed by atoms with Gasteiger partial charge in [0, 0.05) is 18.9 Å². The first-order valence-electron chi connectivity index (χ1n) is 5.67. The van der Waals surface area contributed by atoms with Gasteiger partial charge in [-0.2, -0.15) is 0 Å². The summed E-state index contributed by atoms with van der Waals surface area (Å²) in [7, 11) is 0. The van der Waals surface area contributed by atoms with Gasteiger partial charge in [0.15, 0.2) is 0 Å². The number of carbonyl (C=O) groups excluding carboxylic acids is 1. The van der Waals surface area contributed by atoms with Gasteiger partial charge in [-0.15, -0.1) is 0 Å². The number of nitrogens with one attached hydrogen (secondary N) is 1. The van der Waals surface area contributed by atoms with E-state index < -0.39 is 0 Å². The maximum absolute atomic E-state index is 11.6. The maximum Gasteiger partial charge on any atom is 0.252 e. The summed E-state index contributed by atoms with van der Waals surface area (Å²) < 4.78 is 0. The molecule has 0 saturated carbocycles. The molecule has 1 rings (SSSR count). The molecule has 3 heteroatoms. The summed E-state index contributed by atoms with van der Waals surface area (Å²) in [6, 6.07) is 3.54. The third-order valence-electron chi connectivity index (χ3n) is 2.31. The molecule has 1 aromatic heterocycles. The lowest BCUT2D eigenvalue weighted by atomic mass is 9.91. The second-order valence-corrected chi connectivity index (χ2v) is 5.16. The summed E-state index contributed by atoms with van der Waals surface area (Å²) in [4.78, 5) is 15.5. The van der Waals surface area contributed by atoms with Gasteiger partial charge >= 0.3 is 0 Å². The van der Waals surface area contributed by atoms with Crippen molar-refractivity contribution in [2.75, 3.05) is 6.54 Å². The molecule has 0 bridgehead atoms. The Bertz CT molecular complexity index is 328. The first-order chi connectivity index (χ1) is 7.49. The van der Waals surface area contributed by atoms with Crippen molar-refractivity contribution in [3.63, 3.8) is 0 Å². The number of nitrogens with zero attached hydrogens (tertiary/aromatic N) is 1. The van der Waals surface area contributed by atoms with Crippen molar-refractivity contribution >= 4 is 5.91 Å². The first-order valence-corrected chi connectivity index (χ1v) is 5.67. The second-order valence-electron chi connectivity index (χ2n) is 5.16. The SMILES string of the molecule is CC(C)(C)CCCNC(=O)c1cccnc1. The van der Waals surface area contributed by atoms with Crippen LogP contribution in [0.3, 0.4) is 0 Å². The summed E-state index contributed by atoms with van der Waals surface area (Å²) in [5.41, 5.74) is 0.956. The normalized spacial score (nSPS) is 11.2. The Hall–Kier alpha value is -1.38. The van der Waals surface area contributed by atoms with Crippen molar-refractivity contribution in [1.82, 2.24) is 10.3 Å². The van der Waals surface area contributed by atoms with Crippen LogP contribution in [0, 0.1) is 5.41 Å². The molecule has 0 aromatic carbocycles. The Morgan fingerprint density at radius 1 is 1.44 bits per heavy atom.